The van der Waals surface area contributed by atoms with Crippen molar-refractivity contribution in [3.05, 3.63) is 83.4 Å². The fourth-order valence-electron chi connectivity index (χ4n) is 3.86. The average molecular weight is 544 g/mol. The molecule has 8 nitrogen and oxygen atoms in total. The second-order valence-corrected chi connectivity index (χ2v) is 10.9. The van der Waals surface area contributed by atoms with Crippen molar-refractivity contribution in [3.8, 4) is 28.6 Å². The molecule has 3 aromatic carbocycles. The Morgan fingerprint density at radius 1 is 1.00 bits per heavy atom. The van der Waals surface area contributed by atoms with Gasteiger partial charge in [-0.1, -0.05) is 74.5 Å². The number of thioether (sulfide) groups is 1. The van der Waals surface area contributed by atoms with E-state index in [9.17, 15) is 4.79 Å². The van der Waals surface area contributed by atoms with Crippen LogP contribution in [0.3, 0.4) is 0 Å². The Morgan fingerprint density at radius 2 is 1.72 bits per heavy atom. The number of hydrogen-bond acceptors (Lipinski definition) is 7. The topological polar surface area (TPSA) is 90.6 Å². The second kappa shape index (κ2) is 12.2. The predicted octanol–water partition coefficient (Wildman–Crippen LogP) is 5.80. The summed E-state index contributed by atoms with van der Waals surface area (Å²) < 4.78 is 12.6. The number of nitrogens with zero attached hydrogens (tertiary/aromatic N) is 4. The minimum atomic E-state index is -0.265. The van der Waals surface area contributed by atoms with E-state index in [-0.39, 0.29) is 17.1 Å². The first-order valence-corrected chi connectivity index (χ1v) is 13.5. The largest absolute Gasteiger partial charge is 0.497 e. The number of hydrogen-bond donors (Lipinski definition) is 1. The van der Waals surface area contributed by atoms with E-state index in [1.54, 1.807) is 26.4 Å². The Bertz CT molecular complexity index is 1460. The van der Waals surface area contributed by atoms with E-state index in [2.05, 4.69) is 65.8 Å². The van der Waals surface area contributed by atoms with Crippen molar-refractivity contribution in [1.29, 1.82) is 0 Å². The molecule has 0 aliphatic rings. The van der Waals surface area contributed by atoms with Crippen molar-refractivity contribution in [1.82, 2.24) is 20.2 Å². The molecular formula is C30H33N5O3S. The van der Waals surface area contributed by atoms with E-state index in [1.807, 2.05) is 41.8 Å². The number of hydrazone groups is 1. The quantitative estimate of drug-likeness (QED) is 0.163. The lowest BCUT2D eigenvalue weighted by Gasteiger charge is -2.19. The zero-order valence-corrected chi connectivity index (χ0v) is 23.9. The smallest absolute Gasteiger partial charge is 0.250 e. The molecular weight excluding hydrogens is 510 g/mol. The lowest BCUT2D eigenvalue weighted by Crippen LogP contribution is -2.20. The number of aryl methyl sites for hydroxylation is 1. The summed E-state index contributed by atoms with van der Waals surface area (Å²) in [5.41, 5.74) is 7.61. The normalized spacial score (nSPS) is 11.5. The van der Waals surface area contributed by atoms with Crippen LogP contribution in [-0.4, -0.2) is 46.9 Å². The molecule has 0 saturated carbocycles. The van der Waals surface area contributed by atoms with Gasteiger partial charge in [-0.3, -0.25) is 9.36 Å². The molecule has 1 aromatic heterocycles. The summed E-state index contributed by atoms with van der Waals surface area (Å²) in [7, 11) is 3.16. The summed E-state index contributed by atoms with van der Waals surface area (Å²) in [5, 5.41) is 13.6. The van der Waals surface area contributed by atoms with Gasteiger partial charge in [-0.25, -0.2) is 5.43 Å². The van der Waals surface area contributed by atoms with Gasteiger partial charge in [0.1, 0.15) is 11.5 Å². The maximum absolute atomic E-state index is 12.6. The molecule has 0 unspecified atom stereocenters. The third-order valence-corrected chi connectivity index (χ3v) is 7.03. The third kappa shape index (κ3) is 6.86. The number of benzene rings is 3. The van der Waals surface area contributed by atoms with Crippen LogP contribution < -0.4 is 14.9 Å². The molecule has 1 amide bonds. The minimum absolute atomic E-state index is 0.0541. The van der Waals surface area contributed by atoms with Crippen LogP contribution in [0.2, 0.25) is 0 Å². The molecule has 4 rings (SSSR count). The number of nitrogens with one attached hydrogen (secondary N) is 1. The molecule has 39 heavy (non-hydrogen) atoms. The number of rotatable bonds is 9. The molecule has 0 radical (unpaired) electrons. The van der Waals surface area contributed by atoms with Gasteiger partial charge in [0.2, 0.25) is 0 Å². The lowest BCUT2D eigenvalue weighted by atomic mass is 9.87. The van der Waals surface area contributed by atoms with Gasteiger partial charge in [-0.15, -0.1) is 10.2 Å². The van der Waals surface area contributed by atoms with E-state index in [0.29, 0.717) is 28.0 Å². The van der Waals surface area contributed by atoms with Crippen molar-refractivity contribution in [2.24, 2.45) is 5.10 Å². The standard InChI is InChI=1S/C30H33N5O3S/c1-20-7-14-24(15-8-20)35-28(21-9-12-23(13-10-21)30(2,3)4)33-34-29(35)39-19-27(36)32-31-18-22-11-16-25(37-5)17-26(22)38-6/h7-18H,19H2,1-6H3,(H,32,36). The number of carbonyl (C=O) groups is 1. The summed E-state index contributed by atoms with van der Waals surface area (Å²) >= 11 is 1.30. The molecule has 1 N–H and O–H groups in total. The Morgan fingerprint density at radius 3 is 2.36 bits per heavy atom. The van der Waals surface area contributed by atoms with Crippen LogP contribution in [0.5, 0.6) is 11.5 Å². The van der Waals surface area contributed by atoms with Crippen molar-refractivity contribution < 1.29 is 14.3 Å². The minimum Gasteiger partial charge on any atom is -0.497 e. The van der Waals surface area contributed by atoms with Crippen molar-refractivity contribution in [2.75, 3.05) is 20.0 Å². The molecule has 0 bridgehead atoms. The van der Waals surface area contributed by atoms with Crippen LogP contribution >= 0.6 is 11.8 Å². The van der Waals surface area contributed by atoms with Gasteiger partial charge in [-0.05, 0) is 42.2 Å². The molecule has 0 fully saturated rings. The van der Waals surface area contributed by atoms with E-state index in [0.717, 1.165) is 16.8 Å². The van der Waals surface area contributed by atoms with Gasteiger partial charge < -0.3 is 9.47 Å². The van der Waals surface area contributed by atoms with Gasteiger partial charge >= 0.3 is 0 Å². The van der Waals surface area contributed by atoms with E-state index in [4.69, 9.17) is 9.47 Å². The summed E-state index contributed by atoms with van der Waals surface area (Å²) in [6.07, 6.45) is 1.54. The Hall–Kier alpha value is -4.11. The zero-order chi connectivity index (χ0) is 28.0. The SMILES string of the molecule is COc1ccc(C=NNC(=O)CSc2nnc(-c3ccc(C(C)(C)C)cc3)n2-c2ccc(C)cc2)c(OC)c1. The first kappa shape index (κ1) is 27.9. The highest BCUT2D eigenvalue weighted by Gasteiger charge is 2.19. The molecule has 0 spiro atoms. The van der Waals surface area contributed by atoms with E-state index in [1.165, 1.54) is 23.5 Å². The average Bonchev–Trinajstić information content (AvgIpc) is 3.36. The van der Waals surface area contributed by atoms with E-state index >= 15 is 0 Å². The number of ether oxygens (including phenoxy) is 2. The van der Waals surface area contributed by atoms with Crippen molar-refractivity contribution in [3.63, 3.8) is 0 Å². The first-order valence-electron chi connectivity index (χ1n) is 12.5. The summed E-state index contributed by atoms with van der Waals surface area (Å²) in [4.78, 5) is 12.6. The fourth-order valence-corrected chi connectivity index (χ4v) is 4.60. The Kier molecular flexibility index (Phi) is 8.71. The number of aromatic nitrogens is 3. The number of amides is 1. The third-order valence-electron chi connectivity index (χ3n) is 6.10. The van der Waals surface area contributed by atoms with Gasteiger partial charge in [0.15, 0.2) is 11.0 Å². The van der Waals surface area contributed by atoms with Crippen molar-refractivity contribution in [2.45, 2.75) is 38.3 Å². The summed E-state index contributed by atoms with van der Waals surface area (Å²) in [6, 6.07) is 21.9. The van der Waals surface area contributed by atoms with Crippen LogP contribution in [0.15, 0.2) is 77.0 Å². The van der Waals surface area contributed by atoms with E-state index < -0.39 is 0 Å². The number of carbonyl (C=O) groups excluding carboxylic acids is 1. The highest BCUT2D eigenvalue weighted by atomic mass is 32.2. The predicted molar refractivity (Wildman–Crippen MR) is 156 cm³/mol. The van der Waals surface area contributed by atoms with Gasteiger partial charge in [0.05, 0.1) is 26.2 Å². The molecule has 0 aliphatic carbocycles. The molecule has 1 heterocycles. The van der Waals surface area contributed by atoms with Crippen LogP contribution in [0.1, 0.15) is 37.5 Å². The van der Waals surface area contributed by atoms with Crippen LogP contribution in [0.25, 0.3) is 17.1 Å². The molecule has 202 valence electrons. The highest BCUT2D eigenvalue weighted by Crippen LogP contribution is 2.30. The second-order valence-electron chi connectivity index (χ2n) is 9.99. The number of methoxy groups -OCH3 is 2. The van der Waals surface area contributed by atoms with Crippen LogP contribution in [0, 0.1) is 6.92 Å². The van der Waals surface area contributed by atoms with Gasteiger partial charge in [0, 0.05) is 22.9 Å². The summed E-state index contributed by atoms with van der Waals surface area (Å²) in [6.45, 7) is 8.61. The maximum atomic E-state index is 12.6. The fraction of sp³-hybridized carbons (Fsp3) is 0.267. The summed E-state index contributed by atoms with van der Waals surface area (Å²) in [5.74, 6) is 1.83. The zero-order valence-electron chi connectivity index (χ0n) is 23.1. The van der Waals surface area contributed by atoms with Crippen LogP contribution in [0.4, 0.5) is 0 Å². The van der Waals surface area contributed by atoms with Gasteiger partial charge in [0.25, 0.3) is 5.91 Å². The molecule has 0 aliphatic heterocycles. The van der Waals surface area contributed by atoms with Crippen molar-refractivity contribution >= 4 is 23.9 Å². The van der Waals surface area contributed by atoms with Crippen LogP contribution in [-0.2, 0) is 10.2 Å². The highest BCUT2D eigenvalue weighted by molar-refractivity contribution is 7.99. The molecule has 9 heteroatoms. The Balaban J connectivity index is 1.52. The molecule has 0 saturated heterocycles. The monoisotopic (exact) mass is 543 g/mol. The molecule has 0 atom stereocenters. The molecule has 4 aromatic rings. The van der Waals surface area contributed by atoms with Gasteiger partial charge in [-0.2, -0.15) is 5.10 Å². The lowest BCUT2D eigenvalue weighted by molar-refractivity contribution is -0.118. The Labute approximate surface area is 233 Å². The first-order chi connectivity index (χ1) is 18.7. The maximum Gasteiger partial charge on any atom is 0.250 e.